The zero-order valence-corrected chi connectivity index (χ0v) is 19.7. The minimum Gasteiger partial charge on any atom is -0.480 e. The van der Waals surface area contributed by atoms with Gasteiger partial charge in [-0.15, -0.1) is 11.8 Å². The third-order valence-electron chi connectivity index (χ3n) is 5.62. The van der Waals surface area contributed by atoms with Crippen molar-refractivity contribution in [3.63, 3.8) is 0 Å². The number of aliphatic carboxylic acids is 1. The van der Waals surface area contributed by atoms with E-state index >= 15 is 0 Å². The minimum atomic E-state index is -1.16. The van der Waals surface area contributed by atoms with E-state index in [-0.39, 0.29) is 18.0 Å². The van der Waals surface area contributed by atoms with Crippen LogP contribution in [0.15, 0.2) is 41.6 Å². The number of hydrogen-bond acceptors (Lipinski definition) is 6. The molecule has 0 saturated carbocycles. The Hall–Kier alpha value is -2.85. The number of nitrogens with two attached hydrogens (primary N) is 1. The Morgan fingerprint density at radius 3 is 2.52 bits per heavy atom. The highest BCUT2D eigenvalue weighted by atomic mass is 32.2. The Kier molecular flexibility index (Phi) is 7.80. The maximum atomic E-state index is 13.1. The number of carbonyl (C=O) groups excluding carboxylic acids is 3. The van der Waals surface area contributed by atoms with Gasteiger partial charge in [-0.1, -0.05) is 44.2 Å². The van der Waals surface area contributed by atoms with Gasteiger partial charge in [0.05, 0.1) is 6.04 Å². The summed E-state index contributed by atoms with van der Waals surface area (Å²) in [5.41, 5.74) is 7.53. The van der Waals surface area contributed by atoms with Crippen LogP contribution in [0.25, 0.3) is 0 Å². The van der Waals surface area contributed by atoms with Gasteiger partial charge in [-0.05, 0) is 30.4 Å². The molecule has 0 radical (unpaired) electrons. The molecular weight excluding hydrogens is 444 g/mol. The molecule has 9 nitrogen and oxygen atoms in total. The first-order chi connectivity index (χ1) is 15.6. The second kappa shape index (κ2) is 10.4. The summed E-state index contributed by atoms with van der Waals surface area (Å²) >= 11 is 1.44. The number of thioether (sulfide) groups is 1. The van der Waals surface area contributed by atoms with Crippen molar-refractivity contribution in [3.8, 4) is 0 Å². The molecule has 2 aliphatic rings. The molecule has 178 valence electrons. The highest BCUT2D eigenvalue weighted by Gasteiger charge is 2.54. The van der Waals surface area contributed by atoms with Gasteiger partial charge in [0.25, 0.3) is 11.8 Å². The van der Waals surface area contributed by atoms with Gasteiger partial charge < -0.3 is 21.5 Å². The predicted molar refractivity (Wildman–Crippen MR) is 125 cm³/mol. The van der Waals surface area contributed by atoms with Crippen LogP contribution < -0.4 is 16.4 Å². The van der Waals surface area contributed by atoms with E-state index in [0.717, 1.165) is 5.56 Å². The Bertz CT molecular complexity index is 965. The van der Waals surface area contributed by atoms with E-state index in [1.54, 1.807) is 31.2 Å². The molecule has 0 bridgehead atoms. The highest BCUT2D eigenvalue weighted by Crippen LogP contribution is 2.40. The van der Waals surface area contributed by atoms with E-state index in [1.165, 1.54) is 16.7 Å². The van der Waals surface area contributed by atoms with Gasteiger partial charge in [0.15, 0.2) is 0 Å². The minimum absolute atomic E-state index is 0.118. The standard InChI is InChI=1S/C23H30N4O5S/c1-12(2)9-15(24)19(28)26-17-21(30)27-18(13(3)11-33-22(17)27)20(29)25-16(23(31)32)10-14-7-5-4-6-8-14/h4-8,12,15-17,22H,9-11,24H2,1-3H3,(H,25,29)(H,26,28)(H,31,32)/t15?,16?,17-,22-/m1/s1. The molecule has 2 aliphatic heterocycles. The van der Waals surface area contributed by atoms with Crippen LogP contribution in [-0.2, 0) is 25.6 Å². The van der Waals surface area contributed by atoms with Crippen LogP contribution in [0.2, 0.25) is 0 Å². The number of carbonyl (C=O) groups is 4. The molecule has 2 unspecified atom stereocenters. The topological polar surface area (TPSA) is 142 Å². The number of β-lactam (4-membered cyclic amide) rings is 1. The predicted octanol–water partition coefficient (Wildman–Crippen LogP) is 0.846. The van der Waals surface area contributed by atoms with Gasteiger partial charge in [0.2, 0.25) is 5.91 Å². The molecule has 0 aromatic heterocycles. The number of nitrogens with zero attached hydrogens (tertiary/aromatic N) is 1. The third kappa shape index (κ3) is 5.56. The van der Waals surface area contributed by atoms with Crippen LogP contribution in [-0.4, -0.2) is 62.9 Å². The fraction of sp³-hybridized carbons (Fsp3) is 0.478. The van der Waals surface area contributed by atoms with E-state index in [1.807, 2.05) is 19.9 Å². The molecule has 0 spiro atoms. The molecular formula is C23H30N4O5S. The van der Waals surface area contributed by atoms with Crippen LogP contribution in [0.4, 0.5) is 0 Å². The summed E-state index contributed by atoms with van der Waals surface area (Å²) in [6.07, 6.45) is 0.617. The zero-order valence-electron chi connectivity index (χ0n) is 18.9. The van der Waals surface area contributed by atoms with Crippen molar-refractivity contribution < 1.29 is 24.3 Å². The summed E-state index contributed by atoms with van der Waals surface area (Å²) in [6, 6.07) is 6.37. The first-order valence-electron chi connectivity index (χ1n) is 10.9. The van der Waals surface area contributed by atoms with Gasteiger partial charge in [-0.2, -0.15) is 0 Å². The third-order valence-corrected chi connectivity index (χ3v) is 7.04. The smallest absolute Gasteiger partial charge is 0.326 e. The number of carboxylic acids is 1. The van der Waals surface area contributed by atoms with Crippen LogP contribution >= 0.6 is 11.8 Å². The van der Waals surface area contributed by atoms with Gasteiger partial charge in [-0.3, -0.25) is 19.3 Å². The molecule has 0 aliphatic carbocycles. The summed E-state index contributed by atoms with van der Waals surface area (Å²) < 4.78 is 0. The summed E-state index contributed by atoms with van der Waals surface area (Å²) in [7, 11) is 0. The lowest BCUT2D eigenvalue weighted by Gasteiger charge is -2.50. The molecule has 10 heteroatoms. The van der Waals surface area contributed by atoms with Crippen LogP contribution in [0.3, 0.4) is 0 Å². The molecule has 4 atom stereocenters. The SMILES string of the molecule is CC1=C(C(=O)NC(Cc2ccccc2)C(=O)O)N2C(=O)[C@@H](NC(=O)C(N)CC(C)C)[C@H]2SC1. The molecule has 1 aromatic carbocycles. The number of carboxylic acid groups (broad SMARTS) is 1. The number of benzene rings is 1. The number of rotatable bonds is 9. The molecule has 1 aromatic rings. The largest absolute Gasteiger partial charge is 0.480 e. The van der Waals surface area contributed by atoms with Crippen LogP contribution in [0, 0.1) is 5.92 Å². The Balaban J connectivity index is 1.69. The van der Waals surface area contributed by atoms with Crippen LogP contribution in [0.5, 0.6) is 0 Å². The maximum Gasteiger partial charge on any atom is 0.326 e. The van der Waals surface area contributed by atoms with Crippen molar-refractivity contribution in [2.24, 2.45) is 11.7 Å². The fourth-order valence-corrected chi connectivity index (χ4v) is 5.24. The number of fused-ring (bicyclic) bond motifs is 1. The van der Waals surface area contributed by atoms with Gasteiger partial charge in [0, 0.05) is 12.2 Å². The fourth-order valence-electron chi connectivity index (χ4n) is 3.94. The molecule has 3 rings (SSSR count). The van der Waals surface area contributed by atoms with Gasteiger partial charge >= 0.3 is 5.97 Å². The summed E-state index contributed by atoms with van der Waals surface area (Å²) in [4.78, 5) is 51.5. The maximum absolute atomic E-state index is 13.1. The summed E-state index contributed by atoms with van der Waals surface area (Å²) in [5, 5.41) is 14.4. The lowest BCUT2D eigenvalue weighted by molar-refractivity contribution is -0.148. The Labute approximate surface area is 197 Å². The van der Waals surface area contributed by atoms with Crippen LogP contribution in [0.1, 0.15) is 32.8 Å². The van der Waals surface area contributed by atoms with Crippen molar-refractivity contribution in [1.82, 2.24) is 15.5 Å². The first kappa shape index (κ1) is 24.8. The lowest BCUT2D eigenvalue weighted by atomic mass is 10.00. The molecule has 33 heavy (non-hydrogen) atoms. The lowest BCUT2D eigenvalue weighted by Crippen LogP contribution is -2.72. The summed E-state index contributed by atoms with van der Waals surface area (Å²) in [5.74, 6) is -1.85. The van der Waals surface area contributed by atoms with Crippen molar-refractivity contribution in [1.29, 1.82) is 0 Å². The number of amides is 3. The number of hydrogen-bond donors (Lipinski definition) is 4. The normalized spacial score (nSPS) is 21.7. The number of nitrogens with one attached hydrogen (secondary N) is 2. The van der Waals surface area contributed by atoms with E-state index in [0.29, 0.717) is 17.7 Å². The average Bonchev–Trinajstić information content (AvgIpc) is 2.76. The molecule has 5 N–H and O–H groups in total. The molecule has 2 heterocycles. The second-order valence-electron chi connectivity index (χ2n) is 8.82. The van der Waals surface area contributed by atoms with E-state index < -0.39 is 47.2 Å². The molecule has 3 amide bonds. The van der Waals surface area contributed by atoms with E-state index in [9.17, 15) is 24.3 Å². The van der Waals surface area contributed by atoms with E-state index in [2.05, 4.69) is 10.6 Å². The monoisotopic (exact) mass is 474 g/mol. The second-order valence-corrected chi connectivity index (χ2v) is 9.92. The Morgan fingerprint density at radius 2 is 1.91 bits per heavy atom. The van der Waals surface area contributed by atoms with Crippen molar-refractivity contribution in [2.75, 3.05) is 5.75 Å². The first-order valence-corrected chi connectivity index (χ1v) is 11.9. The zero-order chi connectivity index (χ0) is 24.3. The quantitative estimate of drug-likeness (QED) is 0.389. The molecule has 1 saturated heterocycles. The molecule has 1 fully saturated rings. The van der Waals surface area contributed by atoms with Crippen molar-refractivity contribution in [2.45, 2.75) is 57.1 Å². The Morgan fingerprint density at radius 1 is 1.24 bits per heavy atom. The average molecular weight is 475 g/mol. The van der Waals surface area contributed by atoms with Gasteiger partial charge in [-0.25, -0.2) is 4.79 Å². The van der Waals surface area contributed by atoms with Gasteiger partial charge in [0.1, 0.15) is 23.2 Å². The van der Waals surface area contributed by atoms with Crippen molar-refractivity contribution in [3.05, 3.63) is 47.2 Å². The highest BCUT2D eigenvalue weighted by molar-refractivity contribution is 8.00. The summed E-state index contributed by atoms with van der Waals surface area (Å²) in [6.45, 7) is 5.66. The van der Waals surface area contributed by atoms with E-state index in [4.69, 9.17) is 5.73 Å². The van der Waals surface area contributed by atoms with Crippen molar-refractivity contribution >= 4 is 35.5 Å².